The number of carbonyl (C=O) groups excluding carboxylic acids is 1. The van der Waals surface area contributed by atoms with Crippen LogP contribution in [0.1, 0.15) is 46.9 Å². The van der Waals surface area contributed by atoms with Gasteiger partial charge in [0.25, 0.3) is 11.5 Å². The van der Waals surface area contributed by atoms with Crippen LogP contribution in [-0.4, -0.2) is 52.8 Å². The smallest absolute Gasteiger partial charge is 0.275 e. The zero-order chi connectivity index (χ0) is 24.5. The molecule has 2 fully saturated rings. The first-order valence-corrected chi connectivity index (χ1v) is 11.9. The number of carbonyl (C=O) groups is 1. The van der Waals surface area contributed by atoms with Gasteiger partial charge in [0.15, 0.2) is 5.56 Å². The summed E-state index contributed by atoms with van der Waals surface area (Å²) in [6.45, 7) is 0.975. The van der Waals surface area contributed by atoms with Crippen LogP contribution in [0, 0.1) is 5.92 Å². The maximum Gasteiger partial charge on any atom is 0.275 e. The minimum Gasteiger partial charge on any atom is -0.494 e. The van der Waals surface area contributed by atoms with Crippen LogP contribution in [0.15, 0.2) is 53.3 Å². The first-order valence-electron chi connectivity index (χ1n) is 11.9. The molecule has 2 aromatic carbocycles. The van der Waals surface area contributed by atoms with Gasteiger partial charge < -0.3 is 19.5 Å². The van der Waals surface area contributed by atoms with E-state index >= 15 is 0 Å². The molecule has 0 radical (unpaired) electrons. The highest BCUT2D eigenvalue weighted by Gasteiger charge is 2.34. The van der Waals surface area contributed by atoms with Crippen molar-refractivity contribution in [1.82, 2.24) is 14.5 Å². The van der Waals surface area contributed by atoms with Crippen LogP contribution in [0.3, 0.4) is 0 Å². The van der Waals surface area contributed by atoms with Crippen LogP contribution in [0.4, 0.5) is 0 Å². The van der Waals surface area contributed by atoms with Crippen LogP contribution in [-0.2, 0) is 6.42 Å². The summed E-state index contributed by atoms with van der Waals surface area (Å²) >= 11 is 0. The van der Waals surface area contributed by atoms with E-state index in [1.165, 1.54) is 18.8 Å². The van der Waals surface area contributed by atoms with E-state index in [0.29, 0.717) is 48.4 Å². The molecule has 1 saturated carbocycles. The monoisotopic (exact) mass is 475 g/mol. The first-order chi connectivity index (χ1) is 17.0. The Kier molecular flexibility index (Phi) is 6.19. The number of ether oxygens (including phenoxy) is 2. The molecule has 1 atom stereocenters. The van der Waals surface area contributed by atoms with Gasteiger partial charge in [-0.25, -0.2) is 0 Å². The number of nitrogens with zero attached hydrogens (tertiary/aromatic N) is 3. The minimum absolute atomic E-state index is 0.181. The van der Waals surface area contributed by atoms with Gasteiger partial charge >= 0.3 is 0 Å². The summed E-state index contributed by atoms with van der Waals surface area (Å²) in [5.74, 6) is 0.751. The first kappa shape index (κ1) is 23.0. The van der Waals surface area contributed by atoms with Crippen LogP contribution in [0.25, 0.3) is 5.69 Å². The Morgan fingerprint density at radius 1 is 1.03 bits per heavy atom. The number of hydrogen-bond donors (Lipinski definition) is 1. The second kappa shape index (κ2) is 9.44. The lowest BCUT2D eigenvalue weighted by Crippen LogP contribution is -2.37. The number of rotatable bonds is 7. The Morgan fingerprint density at radius 3 is 2.34 bits per heavy atom. The third kappa shape index (κ3) is 4.36. The topological polar surface area (TPSA) is 93.9 Å². The molecule has 3 aromatic rings. The second-order valence-corrected chi connectivity index (χ2v) is 9.17. The number of methoxy groups -OCH3 is 2. The Hall–Kier alpha value is -3.81. The zero-order valence-corrected chi connectivity index (χ0v) is 19.9. The van der Waals surface area contributed by atoms with Gasteiger partial charge in [-0.3, -0.25) is 14.2 Å². The molecule has 0 spiro atoms. The summed E-state index contributed by atoms with van der Waals surface area (Å²) in [6.07, 6.45) is 3.38. The van der Waals surface area contributed by atoms with Crippen LogP contribution in [0.2, 0.25) is 0 Å². The quantitative estimate of drug-likeness (QED) is 0.562. The molecule has 1 amide bonds. The summed E-state index contributed by atoms with van der Waals surface area (Å²) in [4.78, 5) is 33.5. The Labute approximate surface area is 203 Å². The molecule has 1 saturated heterocycles. The van der Waals surface area contributed by atoms with Crippen LogP contribution < -0.4 is 15.0 Å². The lowest BCUT2D eigenvalue weighted by Gasteiger charge is -2.21. The van der Waals surface area contributed by atoms with Crippen molar-refractivity contribution in [3.8, 4) is 23.1 Å². The van der Waals surface area contributed by atoms with Gasteiger partial charge in [0.2, 0.25) is 5.88 Å². The number of aromatic hydroxyl groups is 1. The third-order valence-corrected chi connectivity index (χ3v) is 6.89. The van der Waals surface area contributed by atoms with Gasteiger partial charge in [-0.2, -0.15) is 4.98 Å². The zero-order valence-electron chi connectivity index (χ0n) is 19.9. The fourth-order valence-corrected chi connectivity index (χ4v) is 4.84. The molecule has 8 nitrogen and oxygen atoms in total. The van der Waals surface area contributed by atoms with Crippen molar-refractivity contribution in [2.24, 2.45) is 5.92 Å². The molecule has 1 N–H and O–H groups in total. The number of para-hydroxylation sites is 1. The van der Waals surface area contributed by atoms with Crippen LogP contribution >= 0.6 is 0 Å². The number of aromatic nitrogens is 2. The van der Waals surface area contributed by atoms with Crippen molar-refractivity contribution in [2.45, 2.75) is 31.6 Å². The number of likely N-dealkylation sites (tertiary alicyclic amines) is 1. The largest absolute Gasteiger partial charge is 0.494 e. The molecular weight excluding hydrogens is 446 g/mol. The van der Waals surface area contributed by atoms with Gasteiger partial charge in [0.05, 0.1) is 14.2 Å². The van der Waals surface area contributed by atoms with Crippen molar-refractivity contribution in [2.75, 3.05) is 27.3 Å². The summed E-state index contributed by atoms with van der Waals surface area (Å²) in [5, 5.41) is 10.8. The van der Waals surface area contributed by atoms with E-state index in [-0.39, 0.29) is 11.5 Å². The lowest BCUT2D eigenvalue weighted by atomic mass is 9.99. The fraction of sp³-hybridized carbons (Fsp3) is 0.370. The van der Waals surface area contributed by atoms with Gasteiger partial charge in [-0.1, -0.05) is 36.4 Å². The highest BCUT2D eigenvalue weighted by atomic mass is 16.5. The number of hydrogen-bond acceptors (Lipinski definition) is 6. The minimum atomic E-state index is -0.621. The molecule has 1 aromatic heterocycles. The van der Waals surface area contributed by atoms with Crippen molar-refractivity contribution in [1.29, 1.82) is 0 Å². The van der Waals surface area contributed by atoms with Crippen molar-refractivity contribution < 1.29 is 19.4 Å². The number of benzene rings is 2. The van der Waals surface area contributed by atoms with Gasteiger partial charge in [-0.05, 0) is 42.9 Å². The van der Waals surface area contributed by atoms with E-state index in [4.69, 9.17) is 9.47 Å². The SMILES string of the molecule is COc1cccc(OC)c1-n1c(CC2CC2)nc(O)c(C(=O)N2CC[C@@H](c3ccccc3)C2)c1=O. The molecule has 2 heterocycles. The van der Waals surface area contributed by atoms with E-state index in [1.807, 2.05) is 30.3 Å². The van der Waals surface area contributed by atoms with E-state index in [0.717, 1.165) is 24.8 Å². The summed E-state index contributed by atoms with van der Waals surface area (Å²) in [7, 11) is 3.02. The van der Waals surface area contributed by atoms with E-state index in [2.05, 4.69) is 4.98 Å². The maximum atomic E-state index is 13.9. The lowest BCUT2D eigenvalue weighted by molar-refractivity contribution is 0.0784. The third-order valence-electron chi connectivity index (χ3n) is 6.89. The standard InChI is InChI=1S/C27H29N3O5/c1-34-20-9-6-10-21(35-2)24(20)30-22(15-17-11-12-17)28-25(31)23(27(30)33)26(32)29-14-13-19(16-29)18-7-4-3-5-8-18/h3-10,17,19,31H,11-16H2,1-2H3/t19-/m1/s1. The molecule has 2 aliphatic rings. The molecule has 0 bridgehead atoms. The predicted octanol–water partition coefficient (Wildman–Crippen LogP) is 3.54. The normalized spacial score (nSPS) is 17.4. The fourth-order valence-electron chi connectivity index (χ4n) is 4.84. The maximum absolute atomic E-state index is 13.9. The molecule has 0 unspecified atom stereocenters. The van der Waals surface area contributed by atoms with Gasteiger partial charge in [-0.15, -0.1) is 0 Å². The molecule has 182 valence electrons. The molecule has 5 rings (SSSR count). The van der Waals surface area contributed by atoms with E-state index in [9.17, 15) is 14.7 Å². The number of amides is 1. The average Bonchev–Trinajstić information content (AvgIpc) is 3.55. The Bertz CT molecular complexity index is 1280. The Morgan fingerprint density at radius 2 is 1.71 bits per heavy atom. The molecule has 8 heteroatoms. The van der Waals surface area contributed by atoms with Crippen LogP contribution in [0.5, 0.6) is 17.4 Å². The average molecular weight is 476 g/mol. The van der Waals surface area contributed by atoms with E-state index < -0.39 is 17.3 Å². The highest BCUT2D eigenvalue weighted by Crippen LogP contribution is 2.37. The van der Waals surface area contributed by atoms with E-state index in [1.54, 1.807) is 23.1 Å². The summed E-state index contributed by atoms with van der Waals surface area (Å²) < 4.78 is 12.5. The molecule has 1 aliphatic heterocycles. The van der Waals surface area contributed by atoms with Crippen molar-refractivity contribution >= 4 is 5.91 Å². The molecule has 35 heavy (non-hydrogen) atoms. The van der Waals surface area contributed by atoms with Crippen molar-refractivity contribution in [3.05, 3.63) is 75.8 Å². The Balaban J connectivity index is 1.59. The second-order valence-electron chi connectivity index (χ2n) is 9.17. The molecule has 1 aliphatic carbocycles. The predicted molar refractivity (Wildman–Crippen MR) is 131 cm³/mol. The highest BCUT2D eigenvalue weighted by molar-refractivity contribution is 5.96. The van der Waals surface area contributed by atoms with Crippen molar-refractivity contribution in [3.63, 3.8) is 0 Å². The van der Waals surface area contributed by atoms with Gasteiger partial charge in [0, 0.05) is 25.4 Å². The summed E-state index contributed by atoms with van der Waals surface area (Å²) in [5.41, 5.74) is 0.583. The molecular formula is C27H29N3O5. The summed E-state index contributed by atoms with van der Waals surface area (Å²) in [6, 6.07) is 15.2. The van der Waals surface area contributed by atoms with Gasteiger partial charge in [0.1, 0.15) is 23.0 Å².